The van der Waals surface area contributed by atoms with E-state index in [1.165, 1.54) is 24.3 Å². The van der Waals surface area contributed by atoms with Gasteiger partial charge in [0.2, 0.25) is 9.84 Å². The van der Waals surface area contributed by atoms with Gasteiger partial charge in [0.25, 0.3) is 10.8 Å². The van der Waals surface area contributed by atoms with Gasteiger partial charge in [-0.2, -0.15) is 0 Å². The second kappa shape index (κ2) is 4.72. The molecule has 2 rings (SSSR count). The third-order valence-corrected chi connectivity index (χ3v) is 3.27. The van der Waals surface area contributed by atoms with Crippen molar-refractivity contribution in [2.24, 2.45) is 0 Å². The zero-order valence-corrected chi connectivity index (χ0v) is 10.6. The number of tetrazole rings is 1. The van der Waals surface area contributed by atoms with Crippen LogP contribution in [0.4, 0.5) is 5.69 Å². The van der Waals surface area contributed by atoms with Crippen molar-refractivity contribution in [1.82, 2.24) is 20.2 Å². The Bertz CT molecular complexity index is 706. The second-order valence-corrected chi connectivity index (χ2v) is 5.72. The molecule has 9 nitrogen and oxygen atoms in total. The molecular formula is C9H9N5O4S. The van der Waals surface area contributed by atoms with Gasteiger partial charge in [-0.1, -0.05) is 17.2 Å². The molecule has 0 saturated carbocycles. The summed E-state index contributed by atoms with van der Waals surface area (Å²) in [6.07, 6.45) is 1.00. The van der Waals surface area contributed by atoms with E-state index in [4.69, 9.17) is 0 Å². The standard InChI is InChI=1S/C9H9N5O4S/c1-19(17,18)9-10-11-12-13(9)6-7-2-4-8(5-3-7)14(15)16/h2-5H,6H2,1H3. The molecule has 0 radical (unpaired) electrons. The van der Waals surface area contributed by atoms with E-state index in [-0.39, 0.29) is 17.4 Å². The minimum absolute atomic E-state index is 0.0381. The maximum atomic E-state index is 11.4. The van der Waals surface area contributed by atoms with Crippen molar-refractivity contribution >= 4 is 15.5 Å². The van der Waals surface area contributed by atoms with Crippen molar-refractivity contribution in [3.05, 3.63) is 39.9 Å². The number of hydrogen-bond acceptors (Lipinski definition) is 7. The Balaban J connectivity index is 2.27. The molecule has 0 bridgehead atoms. The molecule has 0 N–H and O–H groups in total. The number of nitro benzene ring substituents is 1. The Morgan fingerprint density at radius 3 is 2.47 bits per heavy atom. The van der Waals surface area contributed by atoms with Crippen LogP contribution in [0.15, 0.2) is 29.4 Å². The number of sulfone groups is 1. The molecule has 2 aromatic rings. The van der Waals surface area contributed by atoms with E-state index in [0.717, 1.165) is 10.9 Å². The molecule has 1 aromatic heterocycles. The second-order valence-electron chi connectivity index (χ2n) is 3.81. The first kappa shape index (κ1) is 13.1. The Hall–Kier alpha value is -2.36. The summed E-state index contributed by atoms with van der Waals surface area (Å²) < 4.78 is 23.9. The molecule has 0 aliphatic rings. The minimum atomic E-state index is -3.51. The van der Waals surface area contributed by atoms with Crippen molar-refractivity contribution < 1.29 is 13.3 Å². The summed E-state index contributed by atoms with van der Waals surface area (Å²) in [5.41, 5.74) is 0.617. The number of hydrogen-bond donors (Lipinski definition) is 0. The normalized spacial score (nSPS) is 11.4. The fourth-order valence-electron chi connectivity index (χ4n) is 1.46. The number of nitrogens with zero attached hydrogens (tertiary/aromatic N) is 5. The number of benzene rings is 1. The first-order valence-corrected chi connectivity index (χ1v) is 6.96. The molecule has 0 spiro atoms. The first-order valence-electron chi connectivity index (χ1n) is 5.07. The lowest BCUT2D eigenvalue weighted by Crippen LogP contribution is -2.11. The lowest BCUT2D eigenvalue weighted by atomic mass is 10.2. The summed E-state index contributed by atoms with van der Waals surface area (Å²) in [5.74, 6) is 0. The fourth-order valence-corrected chi connectivity index (χ4v) is 2.13. The number of nitro groups is 1. The molecule has 0 saturated heterocycles. The highest BCUT2D eigenvalue weighted by atomic mass is 32.2. The van der Waals surface area contributed by atoms with Gasteiger partial charge in [-0.3, -0.25) is 10.1 Å². The molecule has 1 heterocycles. The van der Waals surface area contributed by atoms with Crippen LogP contribution in [-0.4, -0.2) is 39.8 Å². The third kappa shape index (κ3) is 2.91. The summed E-state index contributed by atoms with van der Waals surface area (Å²) in [5, 5.41) is 20.6. The smallest absolute Gasteiger partial charge is 0.258 e. The predicted octanol–water partition coefficient (Wildman–Crippen LogP) is 0.0331. The van der Waals surface area contributed by atoms with Crippen molar-refractivity contribution in [3.8, 4) is 0 Å². The van der Waals surface area contributed by atoms with Crippen LogP contribution < -0.4 is 0 Å². The average molecular weight is 283 g/mol. The van der Waals surface area contributed by atoms with E-state index in [9.17, 15) is 18.5 Å². The molecule has 0 unspecified atom stereocenters. The van der Waals surface area contributed by atoms with Gasteiger partial charge in [-0.25, -0.2) is 13.1 Å². The molecule has 0 fully saturated rings. The van der Waals surface area contributed by atoms with Gasteiger partial charge in [0.15, 0.2) is 0 Å². The molecule has 1 aromatic carbocycles. The summed E-state index contributed by atoms with van der Waals surface area (Å²) in [4.78, 5) is 9.99. The quantitative estimate of drug-likeness (QED) is 0.573. The number of non-ortho nitro benzene ring substituents is 1. The van der Waals surface area contributed by atoms with Gasteiger partial charge in [0.05, 0.1) is 11.5 Å². The van der Waals surface area contributed by atoms with Crippen molar-refractivity contribution in [2.75, 3.05) is 6.26 Å². The Morgan fingerprint density at radius 1 is 1.32 bits per heavy atom. The zero-order chi connectivity index (χ0) is 14.0. The zero-order valence-electron chi connectivity index (χ0n) is 9.79. The Labute approximate surface area is 107 Å². The summed E-state index contributed by atoms with van der Waals surface area (Å²) >= 11 is 0. The average Bonchev–Trinajstić information content (AvgIpc) is 2.77. The molecule has 100 valence electrons. The third-order valence-electron chi connectivity index (χ3n) is 2.31. The van der Waals surface area contributed by atoms with E-state index < -0.39 is 14.8 Å². The highest BCUT2D eigenvalue weighted by Crippen LogP contribution is 2.13. The number of aromatic nitrogens is 4. The van der Waals surface area contributed by atoms with E-state index >= 15 is 0 Å². The van der Waals surface area contributed by atoms with Gasteiger partial charge >= 0.3 is 0 Å². The molecule has 0 aliphatic heterocycles. The summed E-state index contributed by atoms with van der Waals surface area (Å²) in [6.45, 7) is 0.118. The highest BCUT2D eigenvalue weighted by Gasteiger charge is 2.17. The fraction of sp³-hybridized carbons (Fsp3) is 0.222. The molecule has 10 heteroatoms. The lowest BCUT2D eigenvalue weighted by molar-refractivity contribution is -0.384. The SMILES string of the molecule is CS(=O)(=O)c1nnnn1Cc1ccc([N+](=O)[O-])cc1. The largest absolute Gasteiger partial charge is 0.269 e. The molecular weight excluding hydrogens is 274 g/mol. The van der Waals surface area contributed by atoms with E-state index in [2.05, 4.69) is 15.5 Å². The predicted molar refractivity (Wildman–Crippen MR) is 63.1 cm³/mol. The van der Waals surface area contributed by atoms with Crippen LogP contribution in [0.3, 0.4) is 0 Å². The van der Waals surface area contributed by atoms with Crippen LogP contribution in [-0.2, 0) is 16.4 Å². The first-order chi connectivity index (χ1) is 8.88. The van der Waals surface area contributed by atoms with Crippen LogP contribution in [0.1, 0.15) is 5.56 Å². The van der Waals surface area contributed by atoms with Crippen LogP contribution in [0, 0.1) is 10.1 Å². The van der Waals surface area contributed by atoms with Gasteiger partial charge in [-0.15, -0.1) is 0 Å². The van der Waals surface area contributed by atoms with Crippen LogP contribution in [0.25, 0.3) is 0 Å². The Morgan fingerprint density at radius 2 is 1.95 bits per heavy atom. The summed E-state index contributed by atoms with van der Waals surface area (Å²) in [7, 11) is -3.51. The number of rotatable bonds is 4. The lowest BCUT2D eigenvalue weighted by Gasteiger charge is -2.03. The minimum Gasteiger partial charge on any atom is -0.258 e. The molecule has 0 amide bonds. The van der Waals surface area contributed by atoms with Crippen molar-refractivity contribution in [2.45, 2.75) is 11.7 Å². The summed E-state index contributed by atoms with van der Waals surface area (Å²) in [6, 6.07) is 5.71. The van der Waals surface area contributed by atoms with Crippen LogP contribution >= 0.6 is 0 Å². The molecule has 19 heavy (non-hydrogen) atoms. The van der Waals surface area contributed by atoms with Crippen LogP contribution in [0.5, 0.6) is 0 Å². The molecule has 0 aliphatic carbocycles. The van der Waals surface area contributed by atoms with Gasteiger partial charge in [-0.05, 0) is 16.0 Å². The van der Waals surface area contributed by atoms with Gasteiger partial charge in [0, 0.05) is 18.4 Å². The topological polar surface area (TPSA) is 121 Å². The molecule has 0 atom stereocenters. The highest BCUT2D eigenvalue weighted by molar-refractivity contribution is 7.90. The van der Waals surface area contributed by atoms with Crippen molar-refractivity contribution in [1.29, 1.82) is 0 Å². The van der Waals surface area contributed by atoms with E-state index in [1.807, 2.05) is 0 Å². The van der Waals surface area contributed by atoms with E-state index in [1.54, 1.807) is 0 Å². The monoisotopic (exact) mass is 283 g/mol. The van der Waals surface area contributed by atoms with Crippen LogP contribution in [0.2, 0.25) is 0 Å². The van der Waals surface area contributed by atoms with Gasteiger partial charge < -0.3 is 0 Å². The maximum absolute atomic E-state index is 11.4. The van der Waals surface area contributed by atoms with Gasteiger partial charge in [0.1, 0.15) is 0 Å². The van der Waals surface area contributed by atoms with E-state index in [0.29, 0.717) is 5.56 Å². The van der Waals surface area contributed by atoms with Crippen molar-refractivity contribution in [3.63, 3.8) is 0 Å². The Kier molecular flexibility index (Phi) is 3.25. The maximum Gasteiger partial charge on any atom is 0.269 e.